The van der Waals surface area contributed by atoms with Crippen LogP contribution in [-0.4, -0.2) is 14.5 Å². The van der Waals surface area contributed by atoms with Crippen LogP contribution < -0.4 is 5.69 Å². The van der Waals surface area contributed by atoms with Crippen molar-refractivity contribution in [2.24, 2.45) is 7.05 Å². The number of hydrogen-bond donors (Lipinski definition) is 1. The van der Waals surface area contributed by atoms with Crippen molar-refractivity contribution in [3.8, 4) is 0 Å². The van der Waals surface area contributed by atoms with E-state index < -0.39 is 0 Å². The summed E-state index contributed by atoms with van der Waals surface area (Å²) in [5.41, 5.74) is 0.763. The molecule has 0 aliphatic rings. The molecule has 0 spiro atoms. The van der Waals surface area contributed by atoms with Gasteiger partial charge in [0.1, 0.15) is 0 Å². The highest BCUT2D eigenvalue weighted by atomic mass is 16.3. The number of nitrogens with one attached hydrogen (secondary N) is 1. The van der Waals surface area contributed by atoms with Crippen molar-refractivity contribution in [2.75, 3.05) is 0 Å². The molecule has 2 aromatic heterocycles. The molecule has 5 heteroatoms. The highest BCUT2D eigenvalue weighted by molar-refractivity contribution is 5.62. The number of fused-ring (bicyclic) bond motifs is 1. The topological polar surface area (TPSA) is 63.8 Å². The van der Waals surface area contributed by atoms with Gasteiger partial charge >= 0.3 is 5.69 Å². The first kappa shape index (κ1) is 8.58. The van der Waals surface area contributed by atoms with Gasteiger partial charge in [-0.3, -0.25) is 9.55 Å². The Morgan fingerprint density at radius 3 is 2.83 bits per heavy atom. The first-order valence-electron chi connectivity index (χ1n) is 3.77. The molecular formula is C7H11N3O2. The summed E-state index contributed by atoms with van der Waals surface area (Å²) in [7, 11) is 1.63. The van der Waals surface area contributed by atoms with E-state index in [-0.39, 0.29) is 5.69 Å². The third-order valence-electron chi connectivity index (χ3n) is 1.39. The van der Waals surface area contributed by atoms with Gasteiger partial charge in [-0.25, -0.2) is 4.79 Å². The first-order valence-corrected chi connectivity index (χ1v) is 3.77. The molecule has 0 aliphatic carbocycles. The summed E-state index contributed by atoms with van der Waals surface area (Å²) < 4.78 is 6.22. The lowest BCUT2D eigenvalue weighted by molar-refractivity contribution is 0.589. The molecule has 0 radical (unpaired) electrons. The van der Waals surface area contributed by atoms with Gasteiger partial charge < -0.3 is 4.42 Å². The van der Waals surface area contributed by atoms with E-state index in [0.29, 0.717) is 11.4 Å². The number of aromatic amines is 1. The molecule has 0 bridgehead atoms. The van der Waals surface area contributed by atoms with Crippen molar-refractivity contribution in [1.82, 2.24) is 14.5 Å². The molecule has 1 N–H and O–H groups in total. The zero-order valence-electron chi connectivity index (χ0n) is 7.29. The molecular weight excluding hydrogens is 158 g/mol. The van der Waals surface area contributed by atoms with Crippen LogP contribution in [0.1, 0.15) is 13.8 Å². The number of oxazole rings is 1. The lowest BCUT2D eigenvalue weighted by Gasteiger charge is -1.80. The molecule has 0 unspecified atom stereocenters. The maximum absolute atomic E-state index is 10.8. The van der Waals surface area contributed by atoms with Gasteiger partial charge in [0.25, 0.3) is 0 Å². The van der Waals surface area contributed by atoms with Gasteiger partial charge in [-0.05, 0) is 0 Å². The highest BCUT2D eigenvalue weighted by Gasteiger charge is 2.04. The van der Waals surface area contributed by atoms with E-state index in [1.807, 2.05) is 13.8 Å². The maximum atomic E-state index is 10.8. The Bertz CT molecular complexity index is 409. The second-order valence-corrected chi connectivity index (χ2v) is 1.99. The van der Waals surface area contributed by atoms with E-state index in [4.69, 9.17) is 4.42 Å². The predicted octanol–water partition coefficient (Wildman–Crippen LogP) is 0.881. The molecule has 0 saturated carbocycles. The zero-order valence-corrected chi connectivity index (χ0v) is 7.29. The molecule has 2 heterocycles. The first-order chi connectivity index (χ1) is 5.79. The predicted molar refractivity (Wildman–Crippen MR) is 44.9 cm³/mol. The van der Waals surface area contributed by atoms with Gasteiger partial charge in [-0.1, -0.05) is 13.8 Å². The van der Waals surface area contributed by atoms with Crippen molar-refractivity contribution in [3.05, 3.63) is 16.9 Å². The Kier molecular flexibility index (Phi) is 2.32. The van der Waals surface area contributed by atoms with Crippen molar-refractivity contribution >= 4 is 11.4 Å². The van der Waals surface area contributed by atoms with Gasteiger partial charge in [-0.15, -0.1) is 0 Å². The van der Waals surface area contributed by atoms with Crippen LogP contribution in [0.5, 0.6) is 0 Å². The van der Waals surface area contributed by atoms with E-state index >= 15 is 0 Å². The van der Waals surface area contributed by atoms with Gasteiger partial charge in [0.15, 0.2) is 6.39 Å². The molecule has 0 saturated heterocycles. The standard InChI is InChI=1S/C5H5N3O2.C2H6/c1-8-3-4(7-5(8)9)10-2-6-3;1-2/h2H,1H3,(H,7,9);1-2H3. The van der Waals surface area contributed by atoms with Gasteiger partial charge in [0.05, 0.1) is 0 Å². The van der Waals surface area contributed by atoms with E-state index in [2.05, 4.69) is 9.97 Å². The number of aryl methyl sites for hydroxylation is 1. The molecule has 5 nitrogen and oxygen atoms in total. The second-order valence-electron chi connectivity index (χ2n) is 1.99. The van der Waals surface area contributed by atoms with Crippen molar-refractivity contribution in [2.45, 2.75) is 13.8 Å². The summed E-state index contributed by atoms with van der Waals surface area (Å²) in [5, 5.41) is 0. The van der Waals surface area contributed by atoms with Gasteiger partial charge in [0.2, 0.25) is 11.4 Å². The van der Waals surface area contributed by atoms with Crippen LogP contribution in [0.3, 0.4) is 0 Å². The molecule has 0 aliphatic heterocycles. The maximum Gasteiger partial charge on any atom is 0.329 e. The fraction of sp³-hybridized carbons (Fsp3) is 0.429. The summed E-state index contributed by atoms with van der Waals surface area (Å²) in [4.78, 5) is 17.1. The van der Waals surface area contributed by atoms with Crippen LogP contribution in [0.25, 0.3) is 11.4 Å². The number of rotatable bonds is 0. The minimum atomic E-state index is -0.207. The van der Waals surface area contributed by atoms with E-state index in [1.54, 1.807) is 7.05 Å². The normalized spacial score (nSPS) is 9.58. The zero-order chi connectivity index (χ0) is 9.14. The Balaban J connectivity index is 0.000000336. The molecule has 0 fully saturated rings. The molecule has 0 atom stereocenters. The second kappa shape index (κ2) is 3.25. The summed E-state index contributed by atoms with van der Waals surface area (Å²) >= 11 is 0. The van der Waals surface area contributed by atoms with Crippen LogP contribution in [0.4, 0.5) is 0 Å². The monoisotopic (exact) mass is 169 g/mol. The fourth-order valence-electron chi connectivity index (χ4n) is 0.842. The Morgan fingerprint density at radius 1 is 1.58 bits per heavy atom. The van der Waals surface area contributed by atoms with Crippen LogP contribution in [0.2, 0.25) is 0 Å². The largest absolute Gasteiger partial charge is 0.425 e. The fourth-order valence-corrected chi connectivity index (χ4v) is 0.842. The number of aromatic nitrogens is 3. The molecule has 2 rings (SSSR count). The lowest BCUT2D eigenvalue weighted by Crippen LogP contribution is -2.12. The van der Waals surface area contributed by atoms with Crippen LogP contribution in [0.15, 0.2) is 15.6 Å². The van der Waals surface area contributed by atoms with Crippen LogP contribution in [0, 0.1) is 0 Å². The van der Waals surface area contributed by atoms with Crippen molar-refractivity contribution < 1.29 is 4.42 Å². The third-order valence-corrected chi connectivity index (χ3v) is 1.39. The van der Waals surface area contributed by atoms with Crippen molar-refractivity contribution in [1.29, 1.82) is 0 Å². The van der Waals surface area contributed by atoms with Gasteiger partial charge in [-0.2, -0.15) is 4.98 Å². The number of nitrogens with zero attached hydrogens (tertiary/aromatic N) is 2. The number of hydrogen-bond acceptors (Lipinski definition) is 3. The minimum Gasteiger partial charge on any atom is -0.425 e. The summed E-state index contributed by atoms with van der Waals surface area (Å²) in [6.07, 6.45) is 1.29. The van der Waals surface area contributed by atoms with Crippen LogP contribution in [-0.2, 0) is 7.05 Å². The van der Waals surface area contributed by atoms with E-state index in [9.17, 15) is 4.79 Å². The average molecular weight is 169 g/mol. The minimum absolute atomic E-state index is 0.207. The SMILES string of the molecule is CC.Cn1c(=O)[nH]c2ocnc21. The molecule has 66 valence electrons. The summed E-state index contributed by atoms with van der Waals surface area (Å²) in [5.74, 6) is 0. The van der Waals surface area contributed by atoms with Crippen LogP contribution >= 0.6 is 0 Å². The quantitative estimate of drug-likeness (QED) is 0.636. The average Bonchev–Trinajstić information content (AvgIpc) is 2.62. The summed E-state index contributed by atoms with van der Waals surface area (Å²) in [6.45, 7) is 4.00. The van der Waals surface area contributed by atoms with E-state index in [1.165, 1.54) is 11.0 Å². The lowest BCUT2D eigenvalue weighted by atomic mass is 10.8. The summed E-state index contributed by atoms with van der Waals surface area (Å²) in [6, 6.07) is 0. The van der Waals surface area contributed by atoms with Gasteiger partial charge in [0, 0.05) is 7.05 Å². The molecule has 0 amide bonds. The van der Waals surface area contributed by atoms with E-state index in [0.717, 1.165) is 0 Å². The highest BCUT2D eigenvalue weighted by Crippen LogP contribution is 2.03. The molecule has 12 heavy (non-hydrogen) atoms. The number of H-pyrrole nitrogens is 1. The number of imidazole rings is 1. The Morgan fingerprint density at radius 2 is 2.25 bits per heavy atom. The Labute approximate surface area is 69.0 Å². The third kappa shape index (κ3) is 1.13. The Hall–Kier alpha value is -1.52. The molecule has 0 aromatic carbocycles. The smallest absolute Gasteiger partial charge is 0.329 e. The molecule has 2 aromatic rings. The van der Waals surface area contributed by atoms with Crippen molar-refractivity contribution in [3.63, 3.8) is 0 Å².